The number of para-hydroxylation sites is 2. The molecule has 7 heteroatoms. The van der Waals surface area contributed by atoms with E-state index in [1.165, 1.54) is 5.56 Å². The van der Waals surface area contributed by atoms with E-state index in [2.05, 4.69) is 46.2 Å². The number of aromatic nitrogens is 2. The molecule has 1 atom stereocenters. The molecule has 6 nitrogen and oxygen atoms in total. The van der Waals surface area contributed by atoms with Crippen molar-refractivity contribution >= 4 is 29.1 Å². The second kappa shape index (κ2) is 7.57. The summed E-state index contributed by atoms with van der Waals surface area (Å²) in [6.07, 6.45) is 2.66. The highest BCUT2D eigenvalue weighted by Gasteiger charge is 2.19. The van der Waals surface area contributed by atoms with E-state index in [0.717, 1.165) is 23.9 Å². The average Bonchev–Trinajstić information content (AvgIpc) is 3.24. The minimum Gasteiger partial charge on any atom is -0.506 e. The van der Waals surface area contributed by atoms with Gasteiger partial charge in [0.2, 0.25) is 0 Å². The van der Waals surface area contributed by atoms with Crippen LogP contribution in [0, 0.1) is 0 Å². The first-order valence-corrected chi connectivity index (χ1v) is 9.04. The molecule has 132 valence electrons. The van der Waals surface area contributed by atoms with E-state index in [1.807, 2.05) is 12.3 Å². The number of rotatable bonds is 7. The van der Waals surface area contributed by atoms with E-state index < -0.39 is 0 Å². The van der Waals surface area contributed by atoms with Gasteiger partial charge >= 0.3 is 0 Å². The minimum atomic E-state index is 0.00122. The van der Waals surface area contributed by atoms with Crippen molar-refractivity contribution in [3.63, 3.8) is 0 Å². The zero-order valence-electron chi connectivity index (χ0n) is 14.5. The molecule has 0 bridgehead atoms. The number of benzene rings is 1. The monoisotopic (exact) mass is 358 g/mol. The number of phenolic OH excluding ortho intramolecular Hbond substituents is 1. The molecule has 0 fully saturated rings. The van der Waals surface area contributed by atoms with Crippen molar-refractivity contribution in [2.45, 2.75) is 39.2 Å². The molecule has 0 saturated heterocycles. The van der Waals surface area contributed by atoms with Crippen LogP contribution in [0.2, 0.25) is 0 Å². The Balaban J connectivity index is 1.78. The van der Waals surface area contributed by atoms with E-state index in [9.17, 15) is 5.11 Å². The maximum atomic E-state index is 9.92. The molecule has 0 radical (unpaired) electrons. The zero-order chi connectivity index (χ0) is 17.8. The van der Waals surface area contributed by atoms with Crippen LogP contribution in [0.5, 0.6) is 5.75 Å². The van der Waals surface area contributed by atoms with Gasteiger partial charge in [-0.05, 0) is 36.1 Å². The van der Waals surface area contributed by atoms with E-state index in [4.69, 9.17) is 4.42 Å². The second-order valence-corrected chi connectivity index (χ2v) is 6.67. The number of aromatic hydroxyl groups is 1. The Labute approximate surface area is 151 Å². The largest absolute Gasteiger partial charge is 0.506 e. The summed E-state index contributed by atoms with van der Waals surface area (Å²) >= 11 is 1.11. The van der Waals surface area contributed by atoms with Gasteiger partial charge in [-0.3, -0.25) is 0 Å². The Morgan fingerprint density at radius 2 is 1.96 bits per heavy atom. The fourth-order valence-corrected chi connectivity index (χ4v) is 2.94. The topological polar surface area (TPSA) is 83.2 Å². The van der Waals surface area contributed by atoms with Gasteiger partial charge in [-0.15, -0.1) is 0 Å². The maximum absolute atomic E-state index is 9.92. The Morgan fingerprint density at radius 3 is 2.64 bits per heavy atom. The Morgan fingerprint density at radius 1 is 1.20 bits per heavy atom. The van der Waals surface area contributed by atoms with E-state index in [-0.39, 0.29) is 11.8 Å². The zero-order valence-corrected chi connectivity index (χ0v) is 15.3. The Kier molecular flexibility index (Phi) is 5.23. The number of phenols is 1. The standard InChI is InChI=1S/C18H22N4O2S/c1-4-13(16-9-12(10-24-16)11(2)3)19-17-18(22-25-21-17)20-14-7-5-6-8-15(14)23/h5-11,13,23H,4H2,1-3H3,(H,19,21)(H,20,22)/t13-/m1/s1. The van der Waals surface area contributed by atoms with Gasteiger partial charge in [0.25, 0.3) is 0 Å². The predicted molar refractivity (Wildman–Crippen MR) is 101 cm³/mol. The van der Waals surface area contributed by atoms with Crippen LogP contribution < -0.4 is 10.6 Å². The molecule has 2 heterocycles. The van der Waals surface area contributed by atoms with Crippen molar-refractivity contribution in [1.29, 1.82) is 0 Å². The molecule has 3 rings (SSSR count). The normalized spacial score (nSPS) is 12.3. The van der Waals surface area contributed by atoms with Crippen LogP contribution in [0.4, 0.5) is 17.3 Å². The summed E-state index contributed by atoms with van der Waals surface area (Å²) in [5, 5.41) is 16.4. The third-order valence-electron chi connectivity index (χ3n) is 4.01. The van der Waals surface area contributed by atoms with Crippen LogP contribution in [0.25, 0.3) is 0 Å². The number of anilines is 3. The third-order valence-corrected chi connectivity index (χ3v) is 4.54. The Hall–Kier alpha value is -2.54. The number of nitrogens with zero attached hydrogens (tertiary/aromatic N) is 2. The molecule has 1 aromatic carbocycles. The molecule has 3 aromatic rings. The first kappa shape index (κ1) is 17.3. The van der Waals surface area contributed by atoms with Gasteiger partial charge < -0.3 is 20.2 Å². The van der Waals surface area contributed by atoms with Gasteiger partial charge in [-0.25, -0.2) is 0 Å². The summed E-state index contributed by atoms with van der Waals surface area (Å²) in [5.41, 5.74) is 1.77. The summed E-state index contributed by atoms with van der Waals surface area (Å²) in [7, 11) is 0. The first-order valence-electron chi connectivity index (χ1n) is 8.31. The lowest BCUT2D eigenvalue weighted by molar-refractivity contribution is 0.471. The number of hydrogen-bond acceptors (Lipinski definition) is 7. The summed E-state index contributed by atoms with van der Waals surface area (Å²) < 4.78 is 14.4. The molecule has 0 unspecified atom stereocenters. The lowest BCUT2D eigenvalue weighted by Gasteiger charge is -2.15. The minimum absolute atomic E-state index is 0.00122. The smallest absolute Gasteiger partial charge is 0.188 e. The van der Waals surface area contributed by atoms with Crippen LogP contribution in [-0.2, 0) is 0 Å². The molecule has 0 aliphatic rings. The summed E-state index contributed by atoms with van der Waals surface area (Å²) in [6, 6.07) is 9.12. The number of nitrogens with one attached hydrogen (secondary N) is 2. The third kappa shape index (κ3) is 3.93. The highest BCUT2D eigenvalue weighted by atomic mass is 32.1. The van der Waals surface area contributed by atoms with Crippen molar-refractivity contribution < 1.29 is 9.52 Å². The van der Waals surface area contributed by atoms with Gasteiger partial charge in [0.1, 0.15) is 11.5 Å². The van der Waals surface area contributed by atoms with Crippen molar-refractivity contribution in [2.24, 2.45) is 0 Å². The van der Waals surface area contributed by atoms with E-state index >= 15 is 0 Å². The summed E-state index contributed by atoms with van der Waals surface area (Å²) in [5.74, 6) is 2.70. The first-order chi connectivity index (χ1) is 12.1. The van der Waals surface area contributed by atoms with E-state index in [1.54, 1.807) is 18.2 Å². The SMILES string of the molecule is CC[C@@H](Nc1nsnc1Nc1ccccc1O)c1cc(C(C)C)co1. The van der Waals surface area contributed by atoms with Gasteiger partial charge in [0.05, 0.1) is 29.7 Å². The van der Waals surface area contributed by atoms with Gasteiger partial charge in [0, 0.05) is 0 Å². The quantitative estimate of drug-likeness (QED) is 0.499. The number of hydrogen-bond donors (Lipinski definition) is 3. The summed E-state index contributed by atoms with van der Waals surface area (Å²) in [4.78, 5) is 0. The van der Waals surface area contributed by atoms with E-state index in [0.29, 0.717) is 23.2 Å². The molecule has 0 aliphatic heterocycles. The van der Waals surface area contributed by atoms with Gasteiger partial charge in [-0.1, -0.05) is 32.9 Å². The van der Waals surface area contributed by atoms with Crippen LogP contribution >= 0.6 is 11.7 Å². The van der Waals surface area contributed by atoms with Crippen LogP contribution in [0.3, 0.4) is 0 Å². The fourth-order valence-electron chi connectivity index (χ4n) is 2.47. The van der Waals surface area contributed by atoms with Crippen molar-refractivity contribution in [1.82, 2.24) is 8.75 Å². The molecule has 0 spiro atoms. The highest BCUT2D eigenvalue weighted by Crippen LogP contribution is 2.32. The predicted octanol–water partition coefficient (Wildman–Crippen LogP) is 5.27. The number of furan rings is 1. The molecule has 3 N–H and O–H groups in total. The van der Waals surface area contributed by atoms with Gasteiger partial charge in [-0.2, -0.15) is 8.75 Å². The molecule has 0 amide bonds. The second-order valence-electron chi connectivity index (χ2n) is 6.15. The lowest BCUT2D eigenvalue weighted by Crippen LogP contribution is -2.10. The Bertz CT molecular complexity index is 828. The van der Waals surface area contributed by atoms with Crippen molar-refractivity contribution in [3.8, 4) is 5.75 Å². The fraction of sp³-hybridized carbons (Fsp3) is 0.333. The molecule has 0 saturated carbocycles. The van der Waals surface area contributed by atoms with Crippen molar-refractivity contribution in [2.75, 3.05) is 10.6 Å². The van der Waals surface area contributed by atoms with Crippen LogP contribution in [-0.4, -0.2) is 13.9 Å². The highest BCUT2D eigenvalue weighted by molar-refractivity contribution is 6.99. The van der Waals surface area contributed by atoms with Crippen LogP contribution in [0.15, 0.2) is 41.0 Å². The molecule has 0 aliphatic carbocycles. The maximum Gasteiger partial charge on any atom is 0.188 e. The van der Waals surface area contributed by atoms with Gasteiger partial charge in [0.15, 0.2) is 11.6 Å². The lowest BCUT2D eigenvalue weighted by atomic mass is 10.1. The molecular formula is C18H22N4O2S. The average molecular weight is 358 g/mol. The molecule has 2 aromatic heterocycles. The summed E-state index contributed by atoms with van der Waals surface area (Å²) in [6.45, 7) is 6.37. The molecule has 25 heavy (non-hydrogen) atoms. The van der Waals surface area contributed by atoms with Crippen molar-refractivity contribution in [3.05, 3.63) is 47.9 Å². The molecular weight excluding hydrogens is 336 g/mol. The van der Waals surface area contributed by atoms with Crippen LogP contribution in [0.1, 0.15) is 50.5 Å².